The van der Waals surface area contributed by atoms with Crippen molar-refractivity contribution in [2.75, 3.05) is 6.61 Å². The molecule has 0 amide bonds. The molecule has 0 unspecified atom stereocenters. The second kappa shape index (κ2) is 7.51. The van der Waals surface area contributed by atoms with Crippen molar-refractivity contribution in [2.24, 2.45) is 0 Å². The Morgan fingerprint density at radius 1 is 0.846 bits per heavy atom. The molecule has 0 heterocycles. The Kier molecular flexibility index (Phi) is 5.34. The fourth-order valence-electron chi connectivity index (χ4n) is 3.42. The molecule has 0 radical (unpaired) electrons. The summed E-state index contributed by atoms with van der Waals surface area (Å²) in [5.74, 6) is -0.579. The van der Waals surface area contributed by atoms with Gasteiger partial charge in [0.25, 0.3) is 10.1 Å². The molecule has 0 aromatic heterocycles. The average molecular weight is 372 g/mol. The number of Topliss-reactive ketones (excluding diaryl/α,β-unsaturated/α-hetero) is 2. The molecule has 0 N–H and O–H groups in total. The quantitative estimate of drug-likeness (QED) is 0.552. The first-order valence-corrected chi connectivity index (χ1v) is 10.0. The van der Waals surface area contributed by atoms with Gasteiger partial charge in [0.05, 0.1) is 6.61 Å². The van der Waals surface area contributed by atoms with E-state index < -0.39 is 15.5 Å². The minimum absolute atomic E-state index is 0.0305. The van der Waals surface area contributed by atoms with Gasteiger partial charge in [-0.25, -0.2) is 0 Å². The minimum Gasteiger partial charge on any atom is -0.298 e. The average Bonchev–Trinajstić information content (AvgIpc) is 2.92. The van der Waals surface area contributed by atoms with E-state index in [9.17, 15) is 18.0 Å². The van der Waals surface area contributed by atoms with Crippen molar-refractivity contribution < 1.29 is 22.2 Å². The molecule has 136 valence electrons. The third kappa shape index (κ3) is 3.76. The molecule has 6 heteroatoms. The van der Waals surface area contributed by atoms with Crippen LogP contribution in [0.15, 0.2) is 60.7 Å². The molecule has 0 aliphatic heterocycles. The maximum Gasteiger partial charge on any atom is 0.271 e. The van der Waals surface area contributed by atoms with E-state index in [1.807, 2.05) is 6.07 Å². The lowest BCUT2D eigenvalue weighted by Gasteiger charge is -2.26. The van der Waals surface area contributed by atoms with Gasteiger partial charge in [-0.1, -0.05) is 60.7 Å². The summed E-state index contributed by atoms with van der Waals surface area (Å²) < 4.78 is 29.5. The predicted octanol–water partition coefficient (Wildman–Crippen LogP) is 2.79. The first kappa shape index (κ1) is 18.5. The van der Waals surface area contributed by atoms with E-state index in [0.717, 1.165) is 0 Å². The van der Waals surface area contributed by atoms with E-state index in [0.29, 0.717) is 11.1 Å². The van der Waals surface area contributed by atoms with Crippen LogP contribution in [0.25, 0.3) is 0 Å². The van der Waals surface area contributed by atoms with E-state index in [4.69, 9.17) is 4.18 Å². The molecule has 3 rings (SSSR count). The molecule has 1 aliphatic rings. The van der Waals surface area contributed by atoms with Gasteiger partial charge in [-0.15, -0.1) is 0 Å². The summed E-state index contributed by atoms with van der Waals surface area (Å²) in [4.78, 5) is 25.1. The zero-order chi connectivity index (χ0) is 18.6. The molecule has 26 heavy (non-hydrogen) atoms. The molecule has 1 aliphatic carbocycles. The Morgan fingerprint density at radius 2 is 1.38 bits per heavy atom. The molecule has 1 fully saturated rings. The van der Waals surface area contributed by atoms with Crippen LogP contribution in [-0.2, 0) is 35.1 Å². The third-order valence-corrected chi connectivity index (χ3v) is 5.94. The van der Waals surface area contributed by atoms with Crippen LogP contribution in [0.5, 0.6) is 0 Å². The lowest BCUT2D eigenvalue weighted by Crippen LogP contribution is -2.39. The number of ketones is 2. The standard InChI is InChI=1S/C20H20O5S/c21-18-11-12-19(22)20(18,17-9-5-2-6-10-17)13-14-25-26(23,24)15-16-7-3-1-4-8-16/h1-10H,11-15H2. The van der Waals surface area contributed by atoms with Crippen molar-refractivity contribution >= 4 is 21.7 Å². The molecule has 0 bridgehead atoms. The maximum absolute atomic E-state index is 12.5. The van der Waals surface area contributed by atoms with E-state index >= 15 is 0 Å². The van der Waals surface area contributed by atoms with Crippen molar-refractivity contribution in [3.63, 3.8) is 0 Å². The van der Waals surface area contributed by atoms with Gasteiger partial charge in [-0.05, 0) is 17.5 Å². The van der Waals surface area contributed by atoms with Crippen LogP contribution in [0.1, 0.15) is 30.4 Å². The Balaban J connectivity index is 1.73. The summed E-state index contributed by atoms with van der Waals surface area (Å²) in [7, 11) is -3.79. The number of carbonyl (C=O) groups excluding carboxylic acids is 2. The number of hydrogen-bond acceptors (Lipinski definition) is 5. The van der Waals surface area contributed by atoms with Gasteiger partial charge in [0.2, 0.25) is 0 Å². The summed E-state index contributed by atoms with van der Waals surface area (Å²) in [6.45, 7) is -0.207. The Morgan fingerprint density at radius 3 is 1.96 bits per heavy atom. The summed E-state index contributed by atoms with van der Waals surface area (Å²) in [6, 6.07) is 17.5. The number of carbonyl (C=O) groups is 2. The summed E-state index contributed by atoms with van der Waals surface area (Å²) in [5, 5.41) is 0. The molecular formula is C20H20O5S. The molecule has 5 nitrogen and oxygen atoms in total. The van der Waals surface area contributed by atoms with Gasteiger partial charge < -0.3 is 0 Å². The van der Waals surface area contributed by atoms with Crippen LogP contribution in [-0.4, -0.2) is 26.6 Å². The highest BCUT2D eigenvalue weighted by atomic mass is 32.2. The normalized spacial score (nSPS) is 16.8. The zero-order valence-electron chi connectivity index (χ0n) is 14.3. The van der Waals surface area contributed by atoms with Gasteiger partial charge in [-0.2, -0.15) is 8.42 Å². The van der Waals surface area contributed by atoms with Crippen LogP contribution in [0.2, 0.25) is 0 Å². The molecule has 1 saturated carbocycles. The summed E-state index contributed by atoms with van der Waals surface area (Å²) in [5.41, 5.74) is -0.0568. The van der Waals surface area contributed by atoms with E-state index in [2.05, 4.69) is 0 Å². The van der Waals surface area contributed by atoms with E-state index in [1.165, 1.54) is 0 Å². The third-order valence-electron chi connectivity index (χ3n) is 4.72. The topological polar surface area (TPSA) is 77.5 Å². The lowest BCUT2D eigenvalue weighted by atomic mass is 9.75. The fourth-order valence-corrected chi connectivity index (χ4v) is 4.44. The van der Waals surface area contributed by atoms with Crippen molar-refractivity contribution in [2.45, 2.75) is 30.4 Å². The highest BCUT2D eigenvalue weighted by Gasteiger charge is 2.50. The number of rotatable bonds is 7. The highest BCUT2D eigenvalue weighted by molar-refractivity contribution is 7.85. The van der Waals surface area contributed by atoms with Crippen molar-refractivity contribution in [3.05, 3.63) is 71.8 Å². The highest BCUT2D eigenvalue weighted by Crippen LogP contribution is 2.38. The predicted molar refractivity (Wildman–Crippen MR) is 97.0 cm³/mol. The molecule has 2 aromatic carbocycles. The Bertz CT molecular complexity index is 872. The molecule has 0 atom stereocenters. The van der Waals surface area contributed by atoms with Crippen molar-refractivity contribution in [1.29, 1.82) is 0 Å². The molecule has 2 aromatic rings. The van der Waals surface area contributed by atoms with Crippen LogP contribution >= 0.6 is 0 Å². The van der Waals surface area contributed by atoms with Crippen LogP contribution in [0.3, 0.4) is 0 Å². The SMILES string of the molecule is O=C1CCC(=O)C1(CCOS(=O)(=O)Cc1ccccc1)c1ccccc1. The minimum atomic E-state index is -3.79. The maximum atomic E-state index is 12.5. The lowest BCUT2D eigenvalue weighted by molar-refractivity contribution is -0.130. The second-order valence-electron chi connectivity index (χ2n) is 6.38. The first-order chi connectivity index (χ1) is 12.4. The van der Waals surface area contributed by atoms with Gasteiger partial charge in [-0.3, -0.25) is 13.8 Å². The number of benzene rings is 2. The van der Waals surface area contributed by atoms with Crippen LogP contribution in [0, 0.1) is 0 Å². The van der Waals surface area contributed by atoms with E-state index in [-0.39, 0.29) is 43.2 Å². The largest absolute Gasteiger partial charge is 0.298 e. The smallest absolute Gasteiger partial charge is 0.271 e. The monoisotopic (exact) mass is 372 g/mol. The summed E-state index contributed by atoms with van der Waals surface area (Å²) >= 11 is 0. The van der Waals surface area contributed by atoms with Crippen LogP contribution < -0.4 is 0 Å². The van der Waals surface area contributed by atoms with Crippen LogP contribution in [0.4, 0.5) is 0 Å². The Hall–Kier alpha value is -2.31. The molecule has 0 spiro atoms. The first-order valence-electron chi connectivity index (χ1n) is 8.47. The number of hydrogen-bond donors (Lipinski definition) is 0. The molecular weight excluding hydrogens is 352 g/mol. The van der Waals surface area contributed by atoms with Crippen molar-refractivity contribution in [1.82, 2.24) is 0 Å². The van der Waals surface area contributed by atoms with E-state index in [1.54, 1.807) is 54.6 Å². The second-order valence-corrected chi connectivity index (χ2v) is 8.02. The summed E-state index contributed by atoms with van der Waals surface area (Å²) in [6.07, 6.45) is 0.400. The van der Waals surface area contributed by atoms with Gasteiger partial charge >= 0.3 is 0 Å². The molecule has 0 saturated heterocycles. The zero-order valence-corrected chi connectivity index (χ0v) is 15.1. The fraction of sp³-hybridized carbons (Fsp3) is 0.300. The van der Waals surface area contributed by atoms with Gasteiger partial charge in [0.15, 0.2) is 11.6 Å². The Labute approximate surface area is 153 Å². The van der Waals surface area contributed by atoms with Gasteiger partial charge in [0, 0.05) is 12.8 Å². The van der Waals surface area contributed by atoms with Gasteiger partial charge in [0.1, 0.15) is 11.2 Å². The van der Waals surface area contributed by atoms with Crippen molar-refractivity contribution in [3.8, 4) is 0 Å².